The summed E-state index contributed by atoms with van der Waals surface area (Å²) in [5, 5.41) is 3.25. The van der Waals surface area contributed by atoms with Crippen LogP contribution in [-0.4, -0.2) is 37.6 Å². The molecule has 0 saturated carbocycles. The fraction of sp³-hybridized carbons (Fsp3) is 1.00. The van der Waals surface area contributed by atoms with E-state index in [1.807, 2.05) is 7.05 Å². The van der Waals surface area contributed by atoms with Crippen molar-refractivity contribution < 1.29 is 0 Å². The van der Waals surface area contributed by atoms with Crippen LogP contribution in [0, 0.1) is 5.41 Å². The third kappa shape index (κ3) is 3.46. The summed E-state index contributed by atoms with van der Waals surface area (Å²) in [6.07, 6.45) is 6.82. The van der Waals surface area contributed by atoms with Crippen LogP contribution in [0.1, 0.15) is 52.9 Å². The van der Waals surface area contributed by atoms with Crippen LogP contribution >= 0.6 is 0 Å². The van der Waals surface area contributed by atoms with Crippen LogP contribution < -0.4 is 5.32 Å². The van der Waals surface area contributed by atoms with Gasteiger partial charge in [-0.15, -0.1) is 0 Å². The van der Waals surface area contributed by atoms with Gasteiger partial charge in [0.2, 0.25) is 0 Å². The minimum absolute atomic E-state index is 0.666. The standard InChI is InChI=1S/C14H30N2/c1-5-14(6-2)8-11-16(12-9-14)13(3)7-10-15-4/h13,15H,5-12H2,1-4H3. The Morgan fingerprint density at radius 1 is 1.19 bits per heavy atom. The highest BCUT2D eigenvalue weighted by atomic mass is 15.2. The lowest BCUT2D eigenvalue weighted by Gasteiger charge is -2.43. The molecule has 0 aromatic rings. The molecule has 96 valence electrons. The van der Waals surface area contributed by atoms with Crippen molar-refractivity contribution in [2.24, 2.45) is 5.41 Å². The minimum Gasteiger partial charge on any atom is -0.320 e. The number of nitrogens with zero attached hydrogens (tertiary/aromatic N) is 1. The summed E-state index contributed by atoms with van der Waals surface area (Å²) in [4.78, 5) is 2.68. The number of nitrogens with one attached hydrogen (secondary N) is 1. The minimum atomic E-state index is 0.666. The molecule has 0 bridgehead atoms. The molecule has 1 fully saturated rings. The predicted molar refractivity (Wildman–Crippen MR) is 71.8 cm³/mol. The van der Waals surface area contributed by atoms with Crippen LogP contribution in [0.3, 0.4) is 0 Å². The highest BCUT2D eigenvalue weighted by Gasteiger charge is 2.32. The van der Waals surface area contributed by atoms with Crippen molar-refractivity contribution >= 4 is 0 Å². The first kappa shape index (κ1) is 14.0. The summed E-state index contributed by atoms with van der Waals surface area (Å²) in [5.74, 6) is 0. The van der Waals surface area contributed by atoms with Crippen LogP contribution in [0.15, 0.2) is 0 Å². The second kappa shape index (κ2) is 6.61. The third-order valence-corrected chi connectivity index (χ3v) is 4.79. The molecule has 1 unspecified atom stereocenters. The van der Waals surface area contributed by atoms with E-state index in [0.717, 1.165) is 12.6 Å². The number of likely N-dealkylation sites (tertiary alicyclic amines) is 1. The molecule has 0 aromatic carbocycles. The molecule has 1 aliphatic heterocycles. The Labute approximate surface area is 102 Å². The number of rotatable bonds is 6. The zero-order valence-electron chi connectivity index (χ0n) is 11.7. The third-order valence-electron chi connectivity index (χ3n) is 4.79. The topological polar surface area (TPSA) is 15.3 Å². The van der Waals surface area contributed by atoms with Gasteiger partial charge in [-0.05, 0) is 58.3 Å². The van der Waals surface area contributed by atoms with Gasteiger partial charge in [-0.1, -0.05) is 26.7 Å². The summed E-state index contributed by atoms with van der Waals surface area (Å²) in [5.41, 5.74) is 0.666. The monoisotopic (exact) mass is 226 g/mol. The summed E-state index contributed by atoms with van der Waals surface area (Å²) in [6.45, 7) is 10.9. The maximum Gasteiger partial charge on any atom is 0.00790 e. The van der Waals surface area contributed by atoms with Gasteiger partial charge in [-0.2, -0.15) is 0 Å². The van der Waals surface area contributed by atoms with Crippen molar-refractivity contribution in [2.75, 3.05) is 26.7 Å². The number of piperidine rings is 1. The van der Waals surface area contributed by atoms with E-state index in [1.54, 1.807) is 0 Å². The molecule has 16 heavy (non-hydrogen) atoms. The highest BCUT2D eigenvalue weighted by molar-refractivity contribution is 4.85. The molecule has 1 heterocycles. The largest absolute Gasteiger partial charge is 0.320 e. The van der Waals surface area contributed by atoms with E-state index in [1.165, 1.54) is 45.2 Å². The average Bonchev–Trinajstić information content (AvgIpc) is 2.36. The van der Waals surface area contributed by atoms with E-state index < -0.39 is 0 Å². The molecule has 0 amide bonds. The van der Waals surface area contributed by atoms with Crippen molar-refractivity contribution in [2.45, 2.75) is 58.9 Å². The summed E-state index contributed by atoms with van der Waals surface area (Å²) >= 11 is 0. The summed E-state index contributed by atoms with van der Waals surface area (Å²) in [7, 11) is 2.04. The first-order chi connectivity index (χ1) is 7.67. The van der Waals surface area contributed by atoms with Gasteiger partial charge in [-0.3, -0.25) is 0 Å². The quantitative estimate of drug-likeness (QED) is 0.749. The molecular weight excluding hydrogens is 196 g/mol. The lowest BCUT2D eigenvalue weighted by atomic mass is 9.74. The van der Waals surface area contributed by atoms with Crippen LogP contribution in [0.4, 0.5) is 0 Å². The first-order valence-electron chi connectivity index (χ1n) is 7.06. The Balaban J connectivity index is 2.36. The van der Waals surface area contributed by atoms with Crippen LogP contribution in [-0.2, 0) is 0 Å². The smallest absolute Gasteiger partial charge is 0.00790 e. The molecule has 1 rings (SSSR count). The van der Waals surface area contributed by atoms with Gasteiger partial charge in [-0.25, -0.2) is 0 Å². The SMILES string of the molecule is CCC1(CC)CCN(C(C)CCNC)CC1. The normalized spacial score (nSPS) is 23.2. The second-order valence-electron chi connectivity index (χ2n) is 5.48. The fourth-order valence-corrected chi connectivity index (χ4v) is 2.93. The van der Waals surface area contributed by atoms with Crippen molar-refractivity contribution in [3.63, 3.8) is 0 Å². The van der Waals surface area contributed by atoms with E-state index in [0.29, 0.717) is 5.41 Å². The van der Waals surface area contributed by atoms with Crippen molar-refractivity contribution in [3.05, 3.63) is 0 Å². The Hall–Kier alpha value is -0.0800. The van der Waals surface area contributed by atoms with Gasteiger partial charge in [0.05, 0.1) is 0 Å². The average molecular weight is 226 g/mol. The molecular formula is C14H30N2. The van der Waals surface area contributed by atoms with Crippen LogP contribution in [0.2, 0.25) is 0 Å². The van der Waals surface area contributed by atoms with E-state index >= 15 is 0 Å². The van der Waals surface area contributed by atoms with Gasteiger partial charge in [0.25, 0.3) is 0 Å². The first-order valence-corrected chi connectivity index (χ1v) is 7.06. The van der Waals surface area contributed by atoms with Crippen molar-refractivity contribution in [1.82, 2.24) is 10.2 Å². The molecule has 0 radical (unpaired) electrons. The van der Waals surface area contributed by atoms with Gasteiger partial charge in [0.15, 0.2) is 0 Å². The van der Waals surface area contributed by atoms with Gasteiger partial charge in [0, 0.05) is 6.04 Å². The molecule has 1 aliphatic rings. The van der Waals surface area contributed by atoms with Crippen molar-refractivity contribution in [1.29, 1.82) is 0 Å². The fourth-order valence-electron chi connectivity index (χ4n) is 2.93. The molecule has 1 atom stereocenters. The van der Waals surface area contributed by atoms with Crippen LogP contribution in [0.25, 0.3) is 0 Å². The van der Waals surface area contributed by atoms with E-state index in [2.05, 4.69) is 31.0 Å². The molecule has 1 saturated heterocycles. The maximum absolute atomic E-state index is 3.25. The van der Waals surface area contributed by atoms with E-state index in [9.17, 15) is 0 Å². The number of hydrogen-bond acceptors (Lipinski definition) is 2. The lowest BCUT2D eigenvalue weighted by Crippen LogP contribution is -2.44. The van der Waals surface area contributed by atoms with Gasteiger partial charge in [0.1, 0.15) is 0 Å². The zero-order valence-corrected chi connectivity index (χ0v) is 11.7. The molecule has 1 N–H and O–H groups in total. The lowest BCUT2D eigenvalue weighted by molar-refractivity contribution is 0.0688. The predicted octanol–water partition coefficient (Wildman–Crippen LogP) is 2.89. The molecule has 0 aromatic heterocycles. The molecule has 2 nitrogen and oxygen atoms in total. The van der Waals surface area contributed by atoms with E-state index in [-0.39, 0.29) is 0 Å². The molecule has 0 spiro atoms. The second-order valence-corrected chi connectivity index (χ2v) is 5.48. The molecule has 0 aliphatic carbocycles. The Bertz CT molecular complexity index is 177. The number of hydrogen-bond donors (Lipinski definition) is 1. The highest BCUT2D eigenvalue weighted by Crippen LogP contribution is 2.38. The maximum atomic E-state index is 3.25. The molecule has 2 heteroatoms. The zero-order chi connectivity index (χ0) is 12.0. The van der Waals surface area contributed by atoms with E-state index in [4.69, 9.17) is 0 Å². The summed E-state index contributed by atoms with van der Waals surface area (Å²) < 4.78 is 0. The Morgan fingerprint density at radius 3 is 2.19 bits per heavy atom. The van der Waals surface area contributed by atoms with Gasteiger partial charge < -0.3 is 10.2 Å². The van der Waals surface area contributed by atoms with Crippen molar-refractivity contribution in [3.8, 4) is 0 Å². The van der Waals surface area contributed by atoms with Gasteiger partial charge >= 0.3 is 0 Å². The Kier molecular flexibility index (Phi) is 5.77. The van der Waals surface area contributed by atoms with Crippen LogP contribution in [0.5, 0.6) is 0 Å². The Morgan fingerprint density at radius 2 is 1.75 bits per heavy atom. The summed E-state index contributed by atoms with van der Waals surface area (Å²) in [6, 6.07) is 0.749.